The molecule has 0 N–H and O–H groups in total. The molecule has 30 heavy (non-hydrogen) atoms. The van der Waals surface area contributed by atoms with Crippen LogP contribution in [0.25, 0.3) is 0 Å². The normalized spacial score (nSPS) is 15.2. The Balaban J connectivity index is 1.63. The summed E-state index contributed by atoms with van der Waals surface area (Å²) in [7, 11) is 4.65. The van der Waals surface area contributed by atoms with Crippen LogP contribution in [0.1, 0.15) is 41.8 Å². The molecule has 1 aromatic carbocycles. The third-order valence-corrected chi connectivity index (χ3v) is 6.08. The predicted octanol–water partition coefficient (Wildman–Crippen LogP) is 3.42. The first-order valence-corrected chi connectivity index (χ1v) is 10.9. The van der Waals surface area contributed by atoms with Crippen molar-refractivity contribution in [2.45, 2.75) is 32.7 Å². The standard InChI is InChI=1S/C22H31N3O4S/c1-22(2,3)18-14-30-19(23-18)13-24-7-9-25(10-8-24)21(26)15-11-16(27-4)20(29-6)17(12-15)28-5/h11-12,14H,7-10,13H2,1-6H3. The Bertz CT molecular complexity index is 858. The van der Waals surface area contributed by atoms with Crippen molar-refractivity contribution in [2.24, 2.45) is 0 Å². The van der Waals surface area contributed by atoms with Crippen LogP contribution < -0.4 is 14.2 Å². The lowest BCUT2D eigenvalue weighted by atomic mass is 9.93. The first kappa shape index (κ1) is 22.4. The summed E-state index contributed by atoms with van der Waals surface area (Å²) in [5, 5.41) is 3.28. The fraction of sp³-hybridized carbons (Fsp3) is 0.545. The van der Waals surface area contributed by atoms with Crippen molar-refractivity contribution in [3.63, 3.8) is 0 Å². The van der Waals surface area contributed by atoms with E-state index in [1.807, 2.05) is 4.90 Å². The number of carbonyl (C=O) groups excluding carboxylic acids is 1. The Morgan fingerprint density at radius 1 is 1.03 bits per heavy atom. The summed E-state index contributed by atoms with van der Waals surface area (Å²) in [6, 6.07) is 3.42. The van der Waals surface area contributed by atoms with Crippen molar-refractivity contribution in [1.82, 2.24) is 14.8 Å². The lowest BCUT2D eigenvalue weighted by Crippen LogP contribution is -2.48. The SMILES string of the molecule is COc1cc(C(=O)N2CCN(Cc3nc(C(C)(C)C)cs3)CC2)cc(OC)c1OC. The van der Waals surface area contributed by atoms with Crippen LogP contribution in [-0.2, 0) is 12.0 Å². The number of thiazole rings is 1. The highest BCUT2D eigenvalue weighted by Crippen LogP contribution is 2.38. The summed E-state index contributed by atoms with van der Waals surface area (Å²) < 4.78 is 16.1. The molecule has 0 radical (unpaired) electrons. The van der Waals surface area contributed by atoms with Crippen molar-refractivity contribution >= 4 is 17.2 Å². The zero-order chi connectivity index (χ0) is 21.9. The molecule has 0 aliphatic carbocycles. The van der Waals surface area contributed by atoms with Crippen LogP contribution in [0.5, 0.6) is 17.2 Å². The molecular formula is C22H31N3O4S. The molecule has 0 spiro atoms. The van der Waals surface area contributed by atoms with Gasteiger partial charge in [0.05, 0.1) is 33.6 Å². The summed E-state index contributed by atoms with van der Waals surface area (Å²) >= 11 is 1.71. The average molecular weight is 434 g/mol. The Morgan fingerprint density at radius 3 is 2.10 bits per heavy atom. The molecule has 2 aromatic rings. The lowest BCUT2D eigenvalue weighted by molar-refractivity contribution is 0.0627. The van der Waals surface area contributed by atoms with Crippen molar-refractivity contribution < 1.29 is 19.0 Å². The van der Waals surface area contributed by atoms with Crippen molar-refractivity contribution in [3.8, 4) is 17.2 Å². The molecule has 0 bridgehead atoms. The monoisotopic (exact) mass is 433 g/mol. The van der Waals surface area contributed by atoms with E-state index in [0.29, 0.717) is 35.9 Å². The molecule has 1 aliphatic heterocycles. The van der Waals surface area contributed by atoms with Gasteiger partial charge in [-0.15, -0.1) is 11.3 Å². The second-order valence-electron chi connectivity index (χ2n) is 8.36. The van der Waals surface area contributed by atoms with Crippen LogP contribution in [0.3, 0.4) is 0 Å². The fourth-order valence-electron chi connectivity index (χ4n) is 3.42. The Hall–Kier alpha value is -2.32. The fourth-order valence-corrected chi connectivity index (χ4v) is 4.48. The number of nitrogens with zero attached hydrogens (tertiary/aromatic N) is 3. The van der Waals surface area contributed by atoms with Gasteiger partial charge in [0.15, 0.2) is 11.5 Å². The van der Waals surface area contributed by atoms with Gasteiger partial charge in [0, 0.05) is 42.5 Å². The molecule has 3 rings (SSSR count). The van der Waals surface area contributed by atoms with E-state index in [-0.39, 0.29) is 11.3 Å². The highest BCUT2D eigenvalue weighted by atomic mass is 32.1. The molecule has 164 valence electrons. The van der Waals surface area contributed by atoms with Crippen LogP contribution in [0.15, 0.2) is 17.5 Å². The van der Waals surface area contributed by atoms with E-state index in [2.05, 4.69) is 31.1 Å². The molecule has 1 saturated heterocycles. The van der Waals surface area contributed by atoms with Gasteiger partial charge in [-0.05, 0) is 12.1 Å². The minimum atomic E-state index is -0.0295. The number of hydrogen-bond donors (Lipinski definition) is 0. The van der Waals surface area contributed by atoms with Crippen molar-refractivity contribution in [3.05, 3.63) is 33.8 Å². The van der Waals surface area contributed by atoms with E-state index in [0.717, 1.165) is 30.3 Å². The van der Waals surface area contributed by atoms with Crippen LogP contribution in [0.2, 0.25) is 0 Å². The summed E-state index contributed by atoms with van der Waals surface area (Å²) in [5.74, 6) is 1.42. The second kappa shape index (κ2) is 9.22. The van der Waals surface area contributed by atoms with Gasteiger partial charge in [-0.3, -0.25) is 9.69 Å². The summed E-state index contributed by atoms with van der Waals surface area (Å²) in [4.78, 5) is 22.1. The predicted molar refractivity (Wildman–Crippen MR) is 118 cm³/mol. The maximum Gasteiger partial charge on any atom is 0.254 e. The van der Waals surface area contributed by atoms with Crippen LogP contribution in [-0.4, -0.2) is 68.2 Å². The largest absolute Gasteiger partial charge is 0.493 e. The molecule has 0 atom stereocenters. The quantitative estimate of drug-likeness (QED) is 0.696. The number of benzene rings is 1. The third kappa shape index (κ3) is 4.87. The first-order valence-electron chi connectivity index (χ1n) is 10.0. The van der Waals surface area contributed by atoms with E-state index in [9.17, 15) is 4.79 Å². The Labute approximate surface area is 182 Å². The van der Waals surface area contributed by atoms with Crippen LogP contribution >= 0.6 is 11.3 Å². The maximum absolute atomic E-state index is 13.1. The summed E-state index contributed by atoms with van der Waals surface area (Å²) in [5.41, 5.74) is 1.74. The number of piperazine rings is 1. The number of amides is 1. The number of methoxy groups -OCH3 is 3. The van der Waals surface area contributed by atoms with Gasteiger partial charge in [-0.1, -0.05) is 20.8 Å². The maximum atomic E-state index is 13.1. The lowest BCUT2D eigenvalue weighted by Gasteiger charge is -2.34. The van der Waals surface area contributed by atoms with E-state index in [4.69, 9.17) is 19.2 Å². The molecule has 0 unspecified atom stereocenters. The Kier molecular flexibility index (Phi) is 6.88. The number of rotatable bonds is 6. The average Bonchev–Trinajstić information content (AvgIpc) is 3.21. The number of aromatic nitrogens is 1. The second-order valence-corrected chi connectivity index (χ2v) is 9.30. The van der Waals surface area contributed by atoms with E-state index in [1.54, 1.807) is 44.8 Å². The molecular weight excluding hydrogens is 402 g/mol. The molecule has 1 amide bonds. The first-order chi connectivity index (χ1) is 14.3. The van der Waals surface area contributed by atoms with Gasteiger partial charge in [-0.2, -0.15) is 0 Å². The van der Waals surface area contributed by atoms with Gasteiger partial charge in [0.2, 0.25) is 5.75 Å². The summed E-state index contributed by atoms with van der Waals surface area (Å²) in [6.45, 7) is 10.4. The van der Waals surface area contributed by atoms with Gasteiger partial charge < -0.3 is 19.1 Å². The van der Waals surface area contributed by atoms with E-state index < -0.39 is 0 Å². The number of ether oxygens (including phenoxy) is 3. The van der Waals surface area contributed by atoms with E-state index in [1.165, 1.54) is 0 Å². The minimum absolute atomic E-state index is 0.0295. The molecule has 0 saturated carbocycles. The minimum Gasteiger partial charge on any atom is -0.493 e. The number of hydrogen-bond acceptors (Lipinski definition) is 7. The highest BCUT2D eigenvalue weighted by molar-refractivity contribution is 7.09. The molecule has 8 heteroatoms. The molecule has 1 aromatic heterocycles. The third-order valence-electron chi connectivity index (χ3n) is 5.25. The molecule has 1 fully saturated rings. The van der Waals surface area contributed by atoms with Crippen LogP contribution in [0.4, 0.5) is 0 Å². The van der Waals surface area contributed by atoms with Gasteiger partial charge >= 0.3 is 0 Å². The van der Waals surface area contributed by atoms with Gasteiger partial charge in [0.1, 0.15) is 5.01 Å². The number of carbonyl (C=O) groups is 1. The molecule has 1 aliphatic rings. The Morgan fingerprint density at radius 2 is 1.63 bits per heavy atom. The zero-order valence-electron chi connectivity index (χ0n) is 18.7. The summed E-state index contributed by atoms with van der Waals surface area (Å²) in [6.07, 6.45) is 0. The highest BCUT2D eigenvalue weighted by Gasteiger charge is 2.25. The van der Waals surface area contributed by atoms with Crippen molar-refractivity contribution in [1.29, 1.82) is 0 Å². The molecule has 2 heterocycles. The van der Waals surface area contributed by atoms with E-state index >= 15 is 0 Å². The van der Waals surface area contributed by atoms with Crippen molar-refractivity contribution in [2.75, 3.05) is 47.5 Å². The molecule has 7 nitrogen and oxygen atoms in total. The van der Waals surface area contributed by atoms with Gasteiger partial charge in [0.25, 0.3) is 5.91 Å². The van der Waals surface area contributed by atoms with Gasteiger partial charge in [-0.25, -0.2) is 4.98 Å². The van der Waals surface area contributed by atoms with Crippen LogP contribution in [0, 0.1) is 0 Å². The zero-order valence-corrected chi connectivity index (χ0v) is 19.5. The topological polar surface area (TPSA) is 64.1 Å². The smallest absolute Gasteiger partial charge is 0.254 e.